The number of epoxide rings is 4. The molecule has 0 radical (unpaired) electrons. The molecule has 5 fully saturated rings. The summed E-state index contributed by atoms with van der Waals surface area (Å²) in [5, 5.41) is 0. The van der Waals surface area contributed by atoms with Crippen molar-refractivity contribution in [1.82, 2.24) is 0 Å². The molecule has 12 nitrogen and oxygen atoms in total. The van der Waals surface area contributed by atoms with E-state index in [9.17, 15) is 19.2 Å². The van der Waals surface area contributed by atoms with Crippen LogP contribution in [0.5, 0.6) is 0 Å². The quantitative estimate of drug-likeness (QED) is 0.101. The average molecular weight is 681 g/mol. The number of rotatable bonds is 20. The van der Waals surface area contributed by atoms with Gasteiger partial charge in [0.1, 0.15) is 22.4 Å². The van der Waals surface area contributed by atoms with Crippen molar-refractivity contribution in [3.63, 3.8) is 0 Å². The molecule has 5 aliphatic rings. The highest BCUT2D eigenvalue weighted by molar-refractivity contribution is 5.98. The first-order valence-corrected chi connectivity index (χ1v) is 17.7. The van der Waals surface area contributed by atoms with Gasteiger partial charge in [0.25, 0.3) is 0 Å². The SMILES string of the molecule is CC(C)(CCC1CO1)OC(=O)C1C(C(=O)OC(C)(C)CCC2CO2)C(C(=O)OC(C)(C)CCC2CO2)C1C(=O)OC(C)(C)CCC1CO1. The number of hydrogen-bond acceptors (Lipinski definition) is 12. The predicted octanol–water partition coefficient (Wildman–Crippen LogP) is 4.47. The zero-order valence-corrected chi connectivity index (χ0v) is 30.0. The van der Waals surface area contributed by atoms with Crippen molar-refractivity contribution in [2.45, 2.75) is 154 Å². The first-order chi connectivity index (χ1) is 22.3. The molecule has 5 rings (SSSR count). The van der Waals surface area contributed by atoms with Gasteiger partial charge < -0.3 is 37.9 Å². The summed E-state index contributed by atoms with van der Waals surface area (Å²) < 4.78 is 45.4. The van der Waals surface area contributed by atoms with Crippen molar-refractivity contribution < 1.29 is 57.1 Å². The van der Waals surface area contributed by atoms with Crippen LogP contribution in [0.15, 0.2) is 0 Å². The van der Waals surface area contributed by atoms with Gasteiger partial charge in [0.05, 0.1) is 74.5 Å². The molecule has 0 aromatic rings. The van der Waals surface area contributed by atoms with Crippen LogP contribution in [0.3, 0.4) is 0 Å². The Hall–Kier alpha value is -2.28. The summed E-state index contributed by atoms with van der Waals surface area (Å²) in [4.78, 5) is 56.3. The zero-order chi connectivity index (χ0) is 35.1. The molecule has 12 heteroatoms. The van der Waals surface area contributed by atoms with Gasteiger partial charge in [-0.3, -0.25) is 19.2 Å². The minimum atomic E-state index is -1.30. The number of ether oxygens (including phenoxy) is 8. The van der Waals surface area contributed by atoms with Gasteiger partial charge in [-0.2, -0.15) is 0 Å². The maximum atomic E-state index is 14.1. The standard InChI is InChI=1S/C36H56O12/c1-33(2,13-9-21-17-41-21)45-29(37)25-26(30(38)46-34(3,4)14-10-22-18-42-22)28(32(40)48-36(7,8)16-12-24-20-44-24)27(25)31(39)47-35(5,6)15-11-23-19-43-23/h21-28H,9-20H2,1-8H3. The highest BCUT2D eigenvalue weighted by Gasteiger charge is 2.67. The minimum absolute atomic E-state index is 0.137. The van der Waals surface area contributed by atoms with E-state index in [-0.39, 0.29) is 24.4 Å². The van der Waals surface area contributed by atoms with Gasteiger partial charge in [-0.1, -0.05) is 0 Å². The normalized spacial score (nSPS) is 30.8. The van der Waals surface area contributed by atoms with Gasteiger partial charge in [0.2, 0.25) is 0 Å². The topological polar surface area (TPSA) is 155 Å². The summed E-state index contributed by atoms with van der Waals surface area (Å²) in [5.41, 5.74) is -3.62. The van der Waals surface area contributed by atoms with Crippen LogP contribution in [0.1, 0.15) is 107 Å². The third-order valence-corrected chi connectivity index (χ3v) is 10.0. The van der Waals surface area contributed by atoms with Crippen LogP contribution in [-0.4, -0.2) is 97.1 Å². The summed E-state index contributed by atoms with van der Waals surface area (Å²) in [5.74, 6) is -8.18. The van der Waals surface area contributed by atoms with Crippen LogP contribution >= 0.6 is 0 Å². The van der Waals surface area contributed by atoms with E-state index in [1.807, 2.05) is 0 Å². The molecule has 4 saturated heterocycles. The van der Waals surface area contributed by atoms with E-state index in [4.69, 9.17) is 37.9 Å². The number of esters is 4. The highest BCUT2D eigenvalue weighted by atomic mass is 16.6. The summed E-state index contributed by atoms with van der Waals surface area (Å²) in [7, 11) is 0. The summed E-state index contributed by atoms with van der Waals surface area (Å²) in [6.07, 6.45) is 5.46. The highest BCUT2D eigenvalue weighted by Crippen LogP contribution is 2.51. The maximum Gasteiger partial charge on any atom is 0.311 e. The van der Waals surface area contributed by atoms with Gasteiger partial charge in [0, 0.05) is 0 Å². The first kappa shape index (κ1) is 37.0. The second-order valence-electron chi connectivity index (χ2n) is 16.8. The van der Waals surface area contributed by atoms with Crippen molar-refractivity contribution in [3.8, 4) is 0 Å². The van der Waals surface area contributed by atoms with Crippen molar-refractivity contribution in [2.75, 3.05) is 26.4 Å². The van der Waals surface area contributed by atoms with Crippen LogP contribution in [0.2, 0.25) is 0 Å². The van der Waals surface area contributed by atoms with Crippen molar-refractivity contribution in [2.24, 2.45) is 23.7 Å². The Labute approximate surface area is 284 Å². The molecule has 0 bridgehead atoms. The summed E-state index contributed by atoms with van der Waals surface area (Å²) >= 11 is 0. The number of hydrogen-bond donors (Lipinski definition) is 0. The third kappa shape index (κ3) is 10.9. The first-order valence-electron chi connectivity index (χ1n) is 17.7. The second-order valence-corrected chi connectivity index (χ2v) is 16.8. The average Bonchev–Trinajstić information content (AvgIpc) is 3.79. The van der Waals surface area contributed by atoms with E-state index in [1.54, 1.807) is 55.4 Å². The van der Waals surface area contributed by atoms with Gasteiger partial charge in [-0.15, -0.1) is 0 Å². The lowest BCUT2D eigenvalue weighted by Crippen LogP contribution is -2.63. The van der Waals surface area contributed by atoms with Crippen molar-refractivity contribution >= 4 is 23.9 Å². The molecule has 1 aliphatic carbocycles. The molecule has 0 aromatic heterocycles. The van der Waals surface area contributed by atoms with Gasteiger partial charge in [-0.25, -0.2) is 0 Å². The van der Waals surface area contributed by atoms with Gasteiger partial charge >= 0.3 is 23.9 Å². The molecular weight excluding hydrogens is 624 g/mol. The Morgan fingerprint density at radius 3 is 0.729 bits per heavy atom. The lowest BCUT2D eigenvalue weighted by atomic mass is 9.56. The molecule has 0 amide bonds. The molecule has 4 aliphatic heterocycles. The fourth-order valence-electron chi connectivity index (χ4n) is 6.46. The Bertz CT molecular complexity index is 999. The molecule has 4 atom stereocenters. The van der Waals surface area contributed by atoms with E-state index >= 15 is 0 Å². The molecular formula is C36H56O12. The predicted molar refractivity (Wildman–Crippen MR) is 171 cm³/mol. The molecule has 272 valence electrons. The van der Waals surface area contributed by atoms with E-state index < -0.39 is 70.0 Å². The monoisotopic (exact) mass is 680 g/mol. The van der Waals surface area contributed by atoms with Gasteiger partial charge in [-0.05, 0) is 107 Å². The fraction of sp³-hybridized carbons (Fsp3) is 0.889. The molecule has 1 saturated carbocycles. The van der Waals surface area contributed by atoms with Crippen LogP contribution in [0.4, 0.5) is 0 Å². The Morgan fingerprint density at radius 2 is 0.583 bits per heavy atom. The Morgan fingerprint density at radius 1 is 0.417 bits per heavy atom. The van der Waals surface area contributed by atoms with Crippen LogP contribution in [0.25, 0.3) is 0 Å². The van der Waals surface area contributed by atoms with Crippen molar-refractivity contribution in [1.29, 1.82) is 0 Å². The number of carbonyl (C=O) groups excluding carboxylic acids is 4. The van der Waals surface area contributed by atoms with Crippen molar-refractivity contribution in [3.05, 3.63) is 0 Å². The summed E-state index contributed by atoms with van der Waals surface area (Å²) in [6, 6.07) is 0. The Kier molecular flexibility index (Phi) is 10.9. The molecule has 4 unspecified atom stereocenters. The lowest BCUT2D eigenvalue weighted by molar-refractivity contribution is -0.215. The summed E-state index contributed by atoms with van der Waals surface area (Å²) in [6.45, 7) is 17.0. The van der Waals surface area contributed by atoms with E-state index in [0.29, 0.717) is 77.8 Å². The van der Waals surface area contributed by atoms with Crippen LogP contribution < -0.4 is 0 Å². The molecule has 0 aromatic carbocycles. The number of carbonyl (C=O) groups is 4. The van der Waals surface area contributed by atoms with E-state index in [0.717, 1.165) is 0 Å². The molecule has 0 N–H and O–H groups in total. The largest absolute Gasteiger partial charge is 0.459 e. The lowest BCUT2D eigenvalue weighted by Gasteiger charge is -2.48. The van der Waals surface area contributed by atoms with E-state index in [1.165, 1.54) is 0 Å². The minimum Gasteiger partial charge on any atom is -0.459 e. The molecule has 48 heavy (non-hydrogen) atoms. The smallest absolute Gasteiger partial charge is 0.311 e. The Balaban J connectivity index is 1.39. The zero-order valence-electron chi connectivity index (χ0n) is 30.0. The third-order valence-electron chi connectivity index (χ3n) is 10.0. The van der Waals surface area contributed by atoms with Crippen LogP contribution in [0, 0.1) is 23.7 Å². The second kappa shape index (κ2) is 14.2. The molecule has 4 heterocycles. The molecule has 0 spiro atoms. The maximum absolute atomic E-state index is 14.1. The van der Waals surface area contributed by atoms with Gasteiger partial charge in [0.15, 0.2) is 0 Å². The van der Waals surface area contributed by atoms with Crippen LogP contribution in [-0.2, 0) is 57.1 Å². The van der Waals surface area contributed by atoms with E-state index in [2.05, 4.69) is 0 Å². The fourth-order valence-corrected chi connectivity index (χ4v) is 6.46.